The summed E-state index contributed by atoms with van der Waals surface area (Å²) in [5.74, 6) is 0. The smallest absolute Gasteiger partial charge is 0.421 e. The lowest BCUT2D eigenvalue weighted by Crippen LogP contribution is -2.44. The molecule has 0 saturated heterocycles. The summed E-state index contributed by atoms with van der Waals surface area (Å²) in [6.07, 6.45) is 1.38. The summed E-state index contributed by atoms with van der Waals surface area (Å²) in [5.41, 5.74) is -1.04. The number of hydrogen-bond donors (Lipinski definition) is 0. The Hall–Kier alpha value is -1.42. The third kappa shape index (κ3) is 4.93. The van der Waals surface area contributed by atoms with E-state index < -0.39 is 11.1 Å². The van der Waals surface area contributed by atoms with Crippen molar-refractivity contribution in [2.24, 2.45) is 0 Å². The Morgan fingerprint density at radius 1 is 1.20 bits per heavy atom. The van der Waals surface area contributed by atoms with Gasteiger partial charge in [-0.05, 0) is 58.7 Å². The van der Waals surface area contributed by atoms with Gasteiger partial charge in [-0.25, -0.2) is 9.10 Å². The van der Waals surface area contributed by atoms with Gasteiger partial charge in [0.25, 0.3) is 0 Å². The highest BCUT2D eigenvalue weighted by Crippen LogP contribution is 2.32. The summed E-state index contributed by atoms with van der Waals surface area (Å²) in [6, 6.07) is 9.75. The molecule has 0 bridgehead atoms. The highest BCUT2D eigenvalue weighted by atomic mass is 32.2. The molecule has 1 rings (SSSR count). The maximum Gasteiger partial charge on any atom is 0.421 e. The second kappa shape index (κ2) is 6.35. The molecule has 0 aliphatic rings. The molecule has 0 heterocycles. The largest absolute Gasteiger partial charge is 0.443 e. The van der Waals surface area contributed by atoms with Crippen LogP contribution in [-0.4, -0.2) is 21.5 Å². The number of nitrogens with zero attached hydrogens (tertiary/aromatic N) is 1. The molecule has 0 fully saturated rings. The van der Waals surface area contributed by atoms with Gasteiger partial charge in [-0.1, -0.05) is 24.3 Å². The van der Waals surface area contributed by atoms with Gasteiger partial charge in [-0.15, -0.1) is 6.58 Å². The number of amides is 1. The van der Waals surface area contributed by atoms with Crippen LogP contribution in [0.15, 0.2) is 47.9 Å². The van der Waals surface area contributed by atoms with Crippen LogP contribution in [0.5, 0.6) is 0 Å². The first-order valence-electron chi connectivity index (χ1n) is 6.55. The van der Waals surface area contributed by atoms with E-state index in [2.05, 4.69) is 6.58 Å². The third-order valence-corrected chi connectivity index (χ3v) is 3.81. The molecule has 4 heteroatoms. The fraction of sp³-hybridized carbons (Fsp3) is 0.438. The van der Waals surface area contributed by atoms with Crippen LogP contribution in [0.1, 0.15) is 34.6 Å². The Morgan fingerprint density at radius 2 is 1.75 bits per heavy atom. The van der Waals surface area contributed by atoms with Gasteiger partial charge in [0, 0.05) is 4.90 Å². The normalized spacial score (nSPS) is 11.8. The van der Waals surface area contributed by atoms with E-state index in [0.717, 1.165) is 4.90 Å². The average Bonchev–Trinajstić information content (AvgIpc) is 2.35. The molecule has 0 aliphatic heterocycles. The van der Waals surface area contributed by atoms with Crippen LogP contribution in [0.3, 0.4) is 0 Å². The number of carbonyl (C=O) groups excluding carboxylic acids is 1. The van der Waals surface area contributed by atoms with Crippen LogP contribution in [0.25, 0.3) is 0 Å². The van der Waals surface area contributed by atoms with Crippen molar-refractivity contribution < 1.29 is 9.53 Å². The van der Waals surface area contributed by atoms with E-state index >= 15 is 0 Å². The first-order chi connectivity index (χ1) is 9.15. The van der Waals surface area contributed by atoms with Crippen molar-refractivity contribution >= 4 is 18.0 Å². The molecule has 0 aromatic heterocycles. The van der Waals surface area contributed by atoms with E-state index in [1.54, 1.807) is 10.4 Å². The van der Waals surface area contributed by atoms with Crippen LogP contribution in [0, 0.1) is 0 Å². The minimum absolute atomic E-state index is 0.365. The fourth-order valence-corrected chi connectivity index (χ4v) is 2.27. The van der Waals surface area contributed by atoms with Crippen molar-refractivity contribution in [1.82, 2.24) is 4.31 Å². The molecule has 0 unspecified atom stereocenters. The number of rotatable bonds is 4. The topological polar surface area (TPSA) is 29.5 Å². The Morgan fingerprint density at radius 3 is 2.20 bits per heavy atom. The highest BCUT2D eigenvalue weighted by Gasteiger charge is 2.33. The molecule has 110 valence electrons. The van der Waals surface area contributed by atoms with E-state index in [-0.39, 0.29) is 6.09 Å². The van der Waals surface area contributed by atoms with Crippen LogP contribution in [0.4, 0.5) is 4.79 Å². The number of benzene rings is 1. The lowest BCUT2D eigenvalue weighted by atomic mass is 10.1. The zero-order valence-corrected chi connectivity index (χ0v) is 13.7. The number of hydrogen-bond acceptors (Lipinski definition) is 3. The standard InChI is InChI=1S/C16H23NO2S/c1-7-16(5,6)17(14(18)19-15(2,3)4)20-13-11-9-8-10-12-13/h7-12H,1H2,2-6H3. The highest BCUT2D eigenvalue weighted by molar-refractivity contribution is 7.97. The van der Waals surface area contributed by atoms with E-state index in [0.29, 0.717) is 0 Å². The molecule has 3 nitrogen and oxygen atoms in total. The summed E-state index contributed by atoms with van der Waals surface area (Å²) < 4.78 is 7.09. The van der Waals surface area contributed by atoms with Gasteiger partial charge in [0.1, 0.15) is 5.60 Å². The summed E-state index contributed by atoms with van der Waals surface area (Å²) in [7, 11) is 0. The molecule has 0 atom stereocenters. The van der Waals surface area contributed by atoms with Gasteiger partial charge in [-0.2, -0.15) is 0 Å². The molecule has 0 aliphatic carbocycles. The summed E-state index contributed by atoms with van der Waals surface area (Å²) in [6.45, 7) is 13.2. The van der Waals surface area contributed by atoms with Crippen molar-refractivity contribution in [3.05, 3.63) is 43.0 Å². The van der Waals surface area contributed by atoms with Gasteiger partial charge in [0.15, 0.2) is 0 Å². The maximum atomic E-state index is 12.4. The number of ether oxygens (including phenoxy) is 1. The minimum Gasteiger partial charge on any atom is -0.443 e. The zero-order chi connectivity index (χ0) is 15.4. The predicted molar refractivity (Wildman–Crippen MR) is 84.6 cm³/mol. The van der Waals surface area contributed by atoms with Gasteiger partial charge >= 0.3 is 6.09 Å². The molecule has 1 aromatic rings. The fourth-order valence-electron chi connectivity index (χ4n) is 1.36. The lowest BCUT2D eigenvalue weighted by Gasteiger charge is -2.35. The molecular weight excluding hydrogens is 270 g/mol. The molecule has 0 saturated carbocycles. The van der Waals surface area contributed by atoms with E-state index in [1.807, 2.05) is 65.0 Å². The zero-order valence-electron chi connectivity index (χ0n) is 12.8. The van der Waals surface area contributed by atoms with E-state index in [1.165, 1.54) is 11.9 Å². The van der Waals surface area contributed by atoms with Crippen molar-refractivity contribution in [1.29, 1.82) is 0 Å². The van der Waals surface area contributed by atoms with Gasteiger partial charge in [-0.3, -0.25) is 0 Å². The average molecular weight is 293 g/mol. The van der Waals surface area contributed by atoms with E-state index in [9.17, 15) is 4.79 Å². The monoisotopic (exact) mass is 293 g/mol. The van der Waals surface area contributed by atoms with Crippen LogP contribution in [0.2, 0.25) is 0 Å². The SMILES string of the molecule is C=CC(C)(C)N(Sc1ccccc1)C(=O)OC(C)(C)C. The third-order valence-electron chi connectivity index (χ3n) is 2.52. The second-order valence-electron chi connectivity index (χ2n) is 6.04. The first kappa shape index (κ1) is 16.6. The Labute approximate surface area is 126 Å². The number of carbonyl (C=O) groups is 1. The summed E-state index contributed by atoms with van der Waals surface area (Å²) >= 11 is 1.36. The molecule has 20 heavy (non-hydrogen) atoms. The van der Waals surface area contributed by atoms with E-state index in [4.69, 9.17) is 4.74 Å². The minimum atomic E-state index is -0.524. The predicted octanol–water partition coefficient (Wildman–Crippen LogP) is 4.90. The van der Waals surface area contributed by atoms with Crippen molar-refractivity contribution in [2.45, 2.75) is 50.7 Å². The summed E-state index contributed by atoms with van der Waals surface area (Å²) in [5, 5.41) is 0. The van der Waals surface area contributed by atoms with Gasteiger partial charge < -0.3 is 4.74 Å². The van der Waals surface area contributed by atoms with Crippen LogP contribution in [-0.2, 0) is 4.74 Å². The summed E-state index contributed by atoms with van der Waals surface area (Å²) in [4.78, 5) is 13.4. The molecule has 1 aromatic carbocycles. The van der Waals surface area contributed by atoms with Crippen molar-refractivity contribution in [2.75, 3.05) is 0 Å². The molecule has 0 spiro atoms. The lowest BCUT2D eigenvalue weighted by molar-refractivity contribution is 0.0327. The quantitative estimate of drug-likeness (QED) is 0.584. The Kier molecular flexibility index (Phi) is 5.28. The Bertz CT molecular complexity index is 463. The second-order valence-corrected chi connectivity index (χ2v) is 7.06. The van der Waals surface area contributed by atoms with Crippen LogP contribution < -0.4 is 0 Å². The first-order valence-corrected chi connectivity index (χ1v) is 7.33. The molecule has 0 N–H and O–H groups in total. The van der Waals surface area contributed by atoms with Gasteiger partial charge in [0.05, 0.1) is 5.54 Å². The molecule has 1 amide bonds. The van der Waals surface area contributed by atoms with Crippen molar-refractivity contribution in [3.63, 3.8) is 0 Å². The van der Waals surface area contributed by atoms with Gasteiger partial charge in [0.2, 0.25) is 0 Å². The maximum absolute atomic E-state index is 12.4. The van der Waals surface area contributed by atoms with Crippen LogP contribution >= 0.6 is 11.9 Å². The molecule has 0 radical (unpaired) electrons. The Balaban J connectivity index is 2.98. The molecular formula is C16H23NO2S. The van der Waals surface area contributed by atoms with Crippen molar-refractivity contribution in [3.8, 4) is 0 Å².